The lowest BCUT2D eigenvalue weighted by Crippen LogP contribution is -2.41. The number of ketones is 1. The number of carbonyl (C=O) groups is 1. The highest BCUT2D eigenvalue weighted by molar-refractivity contribution is 5.78. The van der Waals surface area contributed by atoms with E-state index in [1.165, 1.54) is 6.92 Å². The van der Waals surface area contributed by atoms with Crippen molar-refractivity contribution in [1.29, 1.82) is 0 Å². The standard InChI is InChI=1S/C6H14N2O/c1-3-5(4(2)9)6(7)8/h5-6H,3,7-8H2,1-2H3. The Bertz CT molecular complexity index is 101. The zero-order valence-corrected chi connectivity index (χ0v) is 5.92. The smallest absolute Gasteiger partial charge is 0.135 e. The molecule has 4 N–H and O–H groups in total. The van der Waals surface area contributed by atoms with E-state index in [-0.39, 0.29) is 11.7 Å². The summed E-state index contributed by atoms with van der Waals surface area (Å²) in [5.74, 6) is -0.0856. The topological polar surface area (TPSA) is 69.1 Å². The van der Waals surface area contributed by atoms with Gasteiger partial charge in [0.05, 0.1) is 6.17 Å². The molecule has 0 rings (SSSR count). The molecule has 0 aliphatic rings. The molecular weight excluding hydrogens is 116 g/mol. The summed E-state index contributed by atoms with van der Waals surface area (Å²) in [6.07, 6.45) is 0.236. The van der Waals surface area contributed by atoms with Gasteiger partial charge in [-0.2, -0.15) is 0 Å². The second-order valence-electron chi connectivity index (χ2n) is 2.20. The van der Waals surface area contributed by atoms with Crippen LogP contribution in [0.3, 0.4) is 0 Å². The van der Waals surface area contributed by atoms with Gasteiger partial charge in [0, 0.05) is 5.92 Å². The Morgan fingerprint density at radius 2 is 2.00 bits per heavy atom. The fraction of sp³-hybridized carbons (Fsp3) is 0.833. The number of hydrogen-bond acceptors (Lipinski definition) is 3. The second kappa shape index (κ2) is 3.58. The Balaban J connectivity index is 3.83. The molecule has 0 saturated heterocycles. The van der Waals surface area contributed by atoms with Crippen molar-refractivity contribution in [1.82, 2.24) is 0 Å². The molecule has 0 aromatic rings. The summed E-state index contributed by atoms with van der Waals surface area (Å²) < 4.78 is 0. The third kappa shape index (κ3) is 2.58. The summed E-state index contributed by atoms with van der Waals surface area (Å²) in [5.41, 5.74) is 10.6. The van der Waals surface area contributed by atoms with Crippen molar-refractivity contribution >= 4 is 5.78 Å². The third-order valence-corrected chi connectivity index (χ3v) is 1.43. The number of hydrogen-bond donors (Lipinski definition) is 2. The van der Waals surface area contributed by atoms with Crippen molar-refractivity contribution in [2.45, 2.75) is 26.4 Å². The minimum absolute atomic E-state index is 0.0764. The first-order valence-electron chi connectivity index (χ1n) is 3.11. The fourth-order valence-electron chi connectivity index (χ4n) is 0.831. The molecule has 54 valence electrons. The van der Waals surface area contributed by atoms with Gasteiger partial charge in [0.2, 0.25) is 0 Å². The van der Waals surface area contributed by atoms with E-state index in [1.807, 2.05) is 6.92 Å². The molecule has 0 aliphatic carbocycles. The quantitative estimate of drug-likeness (QED) is 0.522. The first kappa shape index (κ1) is 8.59. The zero-order valence-electron chi connectivity index (χ0n) is 5.92. The molecule has 0 bridgehead atoms. The molecule has 0 amide bonds. The molecule has 0 fully saturated rings. The Hall–Kier alpha value is -0.410. The van der Waals surface area contributed by atoms with Gasteiger partial charge in [0.15, 0.2) is 0 Å². The van der Waals surface area contributed by atoms with Crippen molar-refractivity contribution in [3.05, 3.63) is 0 Å². The van der Waals surface area contributed by atoms with Gasteiger partial charge in [0.1, 0.15) is 5.78 Å². The summed E-state index contributed by atoms with van der Waals surface area (Å²) in [6, 6.07) is 0. The Labute approximate surface area is 55.4 Å². The van der Waals surface area contributed by atoms with Crippen LogP contribution in [0.25, 0.3) is 0 Å². The maximum absolute atomic E-state index is 10.7. The Kier molecular flexibility index (Phi) is 3.42. The monoisotopic (exact) mass is 130 g/mol. The predicted molar refractivity (Wildman–Crippen MR) is 36.6 cm³/mol. The normalized spacial score (nSPS) is 13.9. The van der Waals surface area contributed by atoms with Gasteiger partial charge in [-0.25, -0.2) is 0 Å². The molecule has 0 aliphatic heterocycles. The lowest BCUT2D eigenvalue weighted by Gasteiger charge is -2.14. The van der Waals surface area contributed by atoms with Gasteiger partial charge < -0.3 is 11.5 Å². The SMILES string of the molecule is CCC(C(C)=O)C(N)N. The van der Waals surface area contributed by atoms with E-state index in [2.05, 4.69) is 0 Å². The highest BCUT2D eigenvalue weighted by atomic mass is 16.1. The molecule has 3 heteroatoms. The van der Waals surface area contributed by atoms with Crippen LogP contribution in [0.4, 0.5) is 0 Å². The van der Waals surface area contributed by atoms with E-state index < -0.39 is 6.17 Å². The molecule has 0 spiro atoms. The van der Waals surface area contributed by atoms with Crippen molar-refractivity contribution in [3.63, 3.8) is 0 Å². The summed E-state index contributed by atoms with van der Waals surface area (Å²) in [5, 5.41) is 0. The van der Waals surface area contributed by atoms with E-state index >= 15 is 0 Å². The fourth-order valence-corrected chi connectivity index (χ4v) is 0.831. The van der Waals surface area contributed by atoms with Crippen LogP contribution in [0, 0.1) is 5.92 Å². The second-order valence-corrected chi connectivity index (χ2v) is 2.20. The summed E-state index contributed by atoms with van der Waals surface area (Å²) >= 11 is 0. The molecule has 0 saturated carbocycles. The number of Topliss-reactive ketones (excluding diaryl/α,β-unsaturated/α-hetero) is 1. The van der Waals surface area contributed by atoms with E-state index in [4.69, 9.17) is 11.5 Å². The molecule has 3 nitrogen and oxygen atoms in total. The predicted octanol–water partition coefficient (Wildman–Crippen LogP) is -0.155. The number of carbonyl (C=O) groups excluding carboxylic acids is 1. The molecule has 0 heterocycles. The van der Waals surface area contributed by atoms with Crippen LogP contribution < -0.4 is 11.5 Å². The molecular formula is C6H14N2O. The first-order valence-corrected chi connectivity index (χ1v) is 3.11. The van der Waals surface area contributed by atoms with Gasteiger partial charge in [-0.1, -0.05) is 6.92 Å². The van der Waals surface area contributed by atoms with Gasteiger partial charge in [0.25, 0.3) is 0 Å². The molecule has 9 heavy (non-hydrogen) atoms. The molecule has 0 aromatic heterocycles. The van der Waals surface area contributed by atoms with E-state index in [0.29, 0.717) is 0 Å². The van der Waals surface area contributed by atoms with E-state index in [0.717, 1.165) is 6.42 Å². The Morgan fingerprint density at radius 3 is 2.00 bits per heavy atom. The summed E-state index contributed by atoms with van der Waals surface area (Å²) in [7, 11) is 0. The minimum Gasteiger partial charge on any atom is -0.315 e. The zero-order chi connectivity index (χ0) is 7.44. The van der Waals surface area contributed by atoms with Gasteiger partial charge >= 0.3 is 0 Å². The van der Waals surface area contributed by atoms with Crippen LogP contribution >= 0.6 is 0 Å². The van der Waals surface area contributed by atoms with Crippen molar-refractivity contribution in [2.24, 2.45) is 17.4 Å². The van der Waals surface area contributed by atoms with E-state index in [9.17, 15) is 4.79 Å². The Morgan fingerprint density at radius 1 is 1.56 bits per heavy atom. The number of nitrogens with two attached hydrogens (primary N) is 2. The molecule has 1 unspecified atom stereocenters. The molecule has 1 atom stereocenters. The highest BCUT2D eigenvalue weighted by Gasteiger charge is 2.15. The summed E-state index contributed by atoms with van der Waals surface area (Å²) in [4.78, 5) is 10.7. The van der Waals surface area contributed by atoms with Crippen LogP contribution in [-0.2, 0) is 4.79 Å². The average Bonchev–Trinajstić information content (AvgIpc) is 1.64. The van der Waals surface area contributed by atoms with Gasteiger partial charge in [-0.15, -0.1) is 0 Å². The maximum Gasteiger partial charge on any atom is 0.135 e. The van der Waals surface area contributed by atoms with E-state index in [1.54, 1.807) is 0 Å². The minimum atomic E-state index is -0.493. The van der Waals surface area contributed by atoms with Crippen molar-refractivity contribution < 1.29 is 4.79 Å². The summed E-state index contributed by atoms with van der Waals surface area (Å²) in [6.45, 7) is 3.42. The lowest BCUT2D eigenvalue weighted by molar-refractivity contribution is -0.121. The molecule has 0 aromatic carbocycles. The molecule has 0 radical (unpaired) electrons. The van der Waals surface area contributed by atoms with Gasteiger partial charge in [-0.3, -0.25) is 4.79 Å². The number of rotatable bonds is 3. The van der Waals surface area contributed by atoms with Crippen LogP contribution in [-0.4, -0.2) is 11.9 Å². The average molecular weight is 130 g/mol. The van der Waals surface area contributed by atoms with Crippen LogP contribution in [0.15, 0.2) is 0 Å². The van der Waals surface area contributed by atoms with Crippen LogP contribution in [0.5, 0.6) is 0 Å². The largest absolute Gasteiger partial charge is 0.315 e. The van der Waals surface area contributed by atoms with Crippen LogP contribution in [0.2, 0.25) is 0 Å². The van der Waals surface area contributed by atoms with Gasteiger partial charge in [-0.05, 0) is 13.3 Å². The first-order chi connectivity index (χ1) is 4.09. The van der Waals surface area contributed by atoms with Crippen LogP contribution in [0.1, 0.15) is 20.3 Å². The highest BCUT2D eigenvalue weighted by Crippen LogP contribution is 2.03. The third-order valence-electron chi connectivity index (χ3n) is 1.43. The lowest BCUT2D eigenvalue weighted by atomic mass is 10.00. The van der Waals surface area contributed by atoms with Crippen molar-refractivity contribution in [3.8, 4) is 0 Å². The maximum atomic E-state index is 10.7. The van der Waals surface area contributed by atoms with Crippen molar-refractivity contribution in [2.75, 3.05) is 0 Å².